The number of carbonyl (C=O) groups excluding carboxylic acids is 1. The molecule has 0 atom stereocenters. The summed E-state index contributed by atoms with van der Waals surface area (Å²) in [4.78, 5) is 12.4. The van der Waals surface area contributed by atoms with E-state index in [-0.39, 0.29) is 10.8 Å². The van der Waals surface area contributed by atoms with E-state index >= 15 is 0 Å². The van der Waals surface area contributed by atoms with Crippen LogP contribution in [0.25, 0.3) is 5.69 Å². The van der Waals surface area contributed by atoms with Gasteiger partial charge in [-0.2, -0.15) is 0 Å². The molecule has 3 rings (SSSR count). The summed E-state index contributed by atoms with van der Waals surface area (Å²) in [6.45, 7) is 0. The maximum Gasteiger partial charge on any atom is 0.255 e. The van der Waals surface area contributed by atoms with Gasteiger partial charge in [0.1, 0.15) is 6.33 Å². The van der Waals surface area contributed by atoms with Gasteiger partial charge in [-0.25, -0.2) is 17.4 Å². The summed E-state index contributed by atoms with van der Waals surface area (Å²) < 4.78 is 26.7. The second-order valence-corrected chi connectivity index (χ2v) is 7.72. The molecule has 0 saturated heterocycles. The lowest BCUT2D eigenvalue weighted by Crippen LogP contribution is -2.22. The van der Waals surface area contributed by atoms with Crippen LogP contribution >= 0.6 is 0 Å². The molecule has 134 valence electrons. The Morgan fingerprint density at radius 2 is 1.69 bits per heavy atom. The molecule has 26 heavy (non-hydrogen) atoms. The van der Waals surface area contributed by atoms with Gasteiger partial charge >= 0.3 is 0 Å². The summed E-state index contributed by atoms with van der Waals surface area (Å²) in [5, 5.41) is 13.7. The molecule has 9 nitrogen and oxygen atoms in total. The second-order valence-electron chi connectivity index (χ2n) is 5.57. The minimum atomic E-state index is -3.52. The van der Waals surface area contributed by atoms with Crippen LogP contribution in [0.2, 0.25) is 0 Å². The summed E-state index contributed by atoms with van der Waals surface area (Å²) in [6.07, 6.45) is 1.47. The van der Waals surface area contributed by atoms with Crippen LogP contribution in [0, 0.1) is 0 Å². The first-order valence-corrected chi connectivity index (χ1v) is 8.99. The summed E-state index contributed by atoms with van der Waals surface area (Å²) in [5.41, 5.74) is 1.70. The van der Waals surface area contributed by atoms with Gasteiger partial charge in [0.2, 0.25) is 10.0 Å². The average molecular weight is 372 g/mol. The van der Waals surface area contributed by atoms with Gasteiger partial charge < -0.3 is 5.32 Å². The van der Waals surface area contributed by atoms with Crippen molar-refractivity contribution in [3.8, 4) is 5.69 Å². The van der Waals surface area contributed by atoms with Gasteiger partial charge in [0, 0.05) is 25.3 Å². The highest BCUT2D eigenvalue weighted by Gasteiger charge is 2.17. The number of aromatic nitrogens is 4. The molecule has 1 aromatic heterocycles. The fraction of sp³-hybridized carbons (Fsp3) is 0.125. The van der Waals surface area contributed by atoms with Crippen LogP contribution in [0.15, 0.2) is 59.8 Å². The first-order valence-electron chi connectivity index (χ1n) is 7.55. The fourth-order valence-electron chi connectivity index (χ4n) is 2.17. The van der Waals surface area contributed by atoms with Crippen molar-refractivity contribution in [1.82, 2.24) is 24.5 Å². The Kier molecular flexibility index (Phi) is 4.78. The van der Waals surface area contributed by atoms with Crippen molar-refractivity contribution in [2.24, 2.45) is 0 Å². The Balaban J connectivity index is 1.72. The van der Waals surface area contributed by atoms with E-state index in [0.29, 0.717) is 11.3 Å². The van der Waals surface area contributed by atoms with Gasteiger partial charge in [0.05, 0.1) is 10.6 Å². The molecule has 0 spiro atoms. The molecular weight excluding hydrogens is 356 g/mol. The highest BCUT2D eigenvalue weighted by Crippen LogP contribution is 2.16. The number of amides is 1. The zero-order chi connectivity index (χ0) is 18.7. The lowest BCUT2D eigenvalue weighted by Gasteiger charge is -2.11. The summed E-state index contributed by atoms with van der Waals surface area (Å²) in [5.74, 6) is -0.339. The Morgan fingerprint density at radius 3 is 2.23 bits per heavy atom. The molecule has 0 aliphatic heterocycles. The van der Waals surface area contributed by atoms with E-state index in [1.54, 1.807) is 24.3 Å². The average Bonchev–Trinajstić information content (AvgIpc) is 3.17. The molecule has 0 saturated carbocycles. The quantitative estimate of drug-likeness (QED) is 0.720. The van der Waals surface area contributed by atoms with Crippen molar-refractivity contribution in [2.75, 3.05) is 19.4 Å². The van der Waals surface area contributed by atoms with Crippen molar-refractivity contribution in [3.05, 3.63) is 60.4 Å². The molecule has 0 radical (unpaired) electrons. The van der Waals surface area contributed by atoms with E-state index in [4.69, 9.17) is 0 Å². The second kappa shape index (κ2) is 7.02. The number of nitrogens with one attached hydrogen (secondary N) is 1. The Labute approximate surface area is 150 Å². The number of sulfonamides is 1. The number of rotatable bonds is 5. The molecule has 0 bridgehead atoms. The minimum Gasteiger partial charge on any atom is -0.322 e. The number of carbonyl (C=O) groups is 1. The third-order valence-electron chi connectivity index (χ3n) is 3.63. The van der Waals surface area contributed by atoms with Gasteiger partial charge in [0.15, 0.2) is 0 Å². The summed E-state index contributed by atoms with van der Waals surface area (Å²) in [7, 11) is -0.615. The highest BCUT2D eigenvalue weighted by atomic mass is 32.2. The Morgan fingerprint density at radius 1 is 1.04 bits per heavy atom. The fourth-order valence-corrected chi connectivity index (χ4v) is 3.07. The number of nitrogens with zero attached hydrogens (tertiary/aromatic N) is 5. The van der Waals surface area contributed by atoms with Gasteiger partial charge in [-0.05, 0) is 59.0 Å². The molecule has 2 aromatic carbocycles. The number of tetrazole rings is 1. The third-order valence-corrected chi connectivity index (χ3v) is 5.46. The Hall–Kier alpha value is -3.11. The first kappa shape index (κ1) is 17.7. The topological polar surface area (TPSA) is 110 Å². The maximum absolute atomic E-state index is 12.3. The first-order chi connectivity index (χ1) is 12.4. The van der Waals surface area contributed by atoms with Gasteiger partial charge in [0.25, 0.3) is 5.91 Å². The molecule has 0 aliphatic rings. The Bertz CT molecular complexity index is 997. The molecule has 3 aromatic rings. The van der Waals surface area contributed by atoms with E-state index < -0.39 is 10.0 Å². The van der Waals surface area contributed by atoms with Crippen LogP contribution < -0.4 is 5.32 Å². The molecule has 1 heterocycles. The predicted molar refractivity (Wildman–Crippen MR) is 94.4 cm³/mol. The van der Waals surface area contributed by atoms with E-state index in [1.165, 1.54) is 49.4 Å². The SMILES string of the molecule is CN(C)S(=O)(=O)c1ccc(C(=O)Nc2ccc(-n3cnnn3)cc2)cc1. The molecular formula is C16H16N6O3S. The van der Waals surface area contributed by atoms with Crippen molar-refractivity contribution in [1.29, 1.82) is 0 Å². The normalized spacial score (nSPS) is 11.5. The van der Waals surface area contributed by atoms with E-state index in [2.05, 4.69) is 20.8 Å². The summed E-state index contributed by atoms with van der Waals surface area (Å²) >= 11 is 0. The number of anilines is 1. The van der Waals surface area contributed by atoms with Crippen LogP contribution in [0.5, 0.6) is 0 Å². The van der Waals surface area contributed by atoms with Gasteiger partial charge in [-0.1, -0.05) is 0 Å². The van der Waals surface area contributed by atoms with Crippen molar-refractivity contribution in [2.45, 2.75) is 4.90 Å². The third kappa shape index (κ3) is 3.60. The zero-order valence-electron chi connectivity index (χ0n) is 14.1. The summed E-state index contributed by atoms with van der Waals surface area (Å²) in [6, 6.07) is 12.7. The van der Waals surface area contributed by atoms with Crippen molar-refractivity contribution in [3.63, 3.8) is 0 Å². The number of hydrogen-bond acceptors (Lipinski definition) is 6. The van der Waals surface area contributed by atoms with Gasteiger partial charge in [-0.15, -0.1) is 5.10 Å². The highest BCUT2D eigenvalue weighted by molar-refractivity contribution is 7.89. The maximum atomic E-state index is 12.3. The van der Waals surface area contributed by atoms with Crippen LogP contribution in [0.3, 0.4) is 0 Å². The molecule has 0 unspecified atom stereocenters. The molecule has 0 fully saturated rings. The number of benzene rings is 2. The van der Waals surface area contributed by atoms with E-state index in [0.717, 1.165) is 9.99 Å². The monoisotopic (exact) mass is 372 g/mol. The predicted octanol–water partition coefficient (Wildman–Crippen LogP) is 1.16. The van der Waals surface area contributed by atoms with Crippen LogP contribution in [0.1, 0.15) is 10.4 Å². The van der Waals surface area contributed by atoms with Crippen molar-refractivity contribution < 1.29 is 13.2 Å². The van der Waals surface area contributed by atoms with Crippen LogP contribution in [0.4, 0.5) is 5.69 Å². The van der Waals surface area contributed by atoms with Gasteiger partial charge in [-0.3, -0.25) is 4.79 Å². The smallest absolute Gasteiger partial charge is 0.255 e. The van der Waals surface area contributed by atoms with E-state index in [1.807, 2.05) is 0 Å². The van der Waals surface area contributed by atoms with Crippen molar-refractivity contribution >= 4 is 21.6 Å². The minimum absolute atomic E-state index is 0.129. The molecule has 0 aliphatic carbocycles. The van der Waals surface area contributed by atoms with Crippen LogP contribution in [-0.2, 0) is 10.0 Å². The largest absolute Gasteiger partial charge is 0.322 e. The number of hydrogen-bond donors (Lipinski definition) is 1. The molecule has 1 N–H and O–H groups in total. The molecule has 1 amide bonds. The van der Waals surface area contributed by atoms with Crippen LogP contribution in [-0.4, -0.2) is 52.9 Å². The molecule has 10 heteroatoms. The standard InChI is InChI=1S/C16H16N6O3S/c1-21(2)26(24,25)15-9-3-12(4-10-15)16(23)18-13-5-7-14(8-6-13)22-11-17-19-20-22/h3-11H,1-2H3,(H,18,23). The van der Waals surface area contributed by atoms with E-state index in [9.17, 15) is 13.2 Å². The zero-order valence-corrected chi connectivity index (χ0v) is 14.9. The lowest BCUT2D eigenvalue weighted by atomic mass is 10.2. The lowest BCUT2D eigenvalue weighted by molar-refractivity contribution is 0.102.